The van der Waals surface area contributed by atoms with Crippen LogP contribution in [-0.4, -0.2) is 12.6 Å². The summed E-state index contributed by atoms with van der Waals surface area (Å²) in [5.41, 5.74) is 0.402. The van der Waals surface area contributed by atoms with Gasteiger partial charge in [0.1, 0.15) is 0 Å². The zero-order valence-corrected chi connectivity index (χ0v) is 8.08. The summed E-state index contributed by atoms with van der Waals surface area (Å²) in [6, 6.07) is 6.87. The van der Waals surface area contributed by atoms with E-state index in [0.29, 0.717) is 17.1 Å². The van der Waals surface area contributed by atoms with E-state index in [1.54, 1.807) is 31.2 Å². The summed E-state index contributed by atoms with van der Waals surface area (Å²) in [6.07, 6.45) is 0. The molecule has 1 rings (SSSR count). The van der Waals surface area contributed by atoms with Gasteiger partial charge in [-0.3, -0.25) is 4.89 Å². The second-order valence-corrected chi connectivity index (χ2v) is 2.78. The molecule has 0 aliphatic heterocycles. The smallest absolute Gasteiger partial charge is 0.293 e. The van der Waals surface area contributed by atoms with Crippen LogP contribution in [0.4, 0.5) is 0 Å². The predicted octanol–water partition coefficient (Wildman–Crippen LogP) is 2.08. The zero-order valence-electron chi connectivity index (χ0n) is 7.19. The molecule has 0 spiro atoms. The van der Waals surface area contributed by atoms with Gasteiger partial charge in [-0.1, -0.05) is 12.1 Å². The standard InChI is InChI=1S/C9H10O3S/c1-2-11-12-9(10)7-5-3-4-6-8(7)13/h3-6,13H,2H2,1H3. The van der Waals surface area contributed by atoms with Crippen molar-refractivity contribution in [1.82, 2.24) is 0 Å². The highest BCUT2D eigenvalue weighted by Crippen LogP contribution is 2.13. The quantitative estimate of drug-likeness (QED) is 0.459. The first-order valence-corrected chi connectivity index (χ1v) is 4.32. The van der Waals surface area contributed by atoms with Crippen molar-refractivity contribution in [2.75, 3.05) is 6.61 Å². The van der Waals surface area contributed by atoms with E-state index in [9.17, 15) is 4.79 Å². The van der Waals surface area contributed by atoms with Gasteiger partial charge in [0.05, 0.1) is 12.2 Å². The van der Waals surface area contributed by atoms with Crippen molar-refractivity contribution in [2.24, 2.45) is 0 Å². The lowest BCUT2D eigenvalue weighted by Gasteiger charge is -2.02. The van der Waals surface area contributed by atoms with Crippen LogP contribution >= 0.6 is 12.6 Å². The molecular weight excluding hydrogens is 188 g/mol. The molecule has 0 radical (unpaired) electrons. The Balaban J connectivity index is 2.71. The van der Waals surface area contributed by atoms with Gasteiger partial charge in [-0.05, 0) is 19.1 Å². The van der Waals surface area contributed by atoms with E-state index in [1.165, 1.54) is 0 Å². The van der Waals surface area contributed by atoms with Crippen LogP contribution in [-0.2, 0) is 9.78 Å². The molecule has 0 N–H and O–H groups in total. The van der Waals surface area contributed by atoms with Crippen LogP contribution in [0.2, 0.25) is 0 Å². The normalized spacial score (nSPS) is 9.69. The molecule has 1 aromatic rings. The zero-order chi connectivity index (χ0) is 9.68. The van der Waals surface area contributed by atoms with Crippen molar-refractivity contribution < 1.29 is 14.6 Å². The molecule has 0 amide bonds. The Hall–Kier alpha value is -1.00. The highest BCUT2D eigenvalue weighted by Gasteiger charge is 2.10. The largest absolute Gasteiger partial charge is 0.374 e. The van der Waals surface area contributed by atoms with Crippen molar-refractivity contribution >= 4 is 18.6 Å². The SMILES string of the molecule is CCOOC(=O)c1ccccc1S. The maximum absolute atomic E-state index is 11.2. The van der Waals surface area contributed by atoms with Crippen LogP contribution < -0.4 is 0 Å². The van der Waals surface area contributed by atoms with E-state index >= 15 is 0 Å². The summed E-state index contributed by atoms with van der Waals surface area (Å²) in [6.45, 7) is 2.07. The maximum atomic E-state index is 11.2. The second kappa shape index (κ2) is 4.89. The molecule has 0 fully saturated rings. The molecule has 1 aromatic carbocycles. The van der Waals surface area contributed by atoms with Crippen molar-refractivity contribution in [2.45, 2.75) is 11.8 Å². The average molecular weight is 198 g/mol. The molecule has 0 saturated heterocycles. The third-order valence-corrected chi connectivity index (χ3v) is 1.77. The van der Waals surface area contributed by atoms with E-state index in [1.807, 2.05) is 0 Å². The number of carbonyl (C=O) groups is 1. The van der Waals surface area contributed by atoms with Gasteiger partial charge in [0.2, 0.25) is 0 Å². The molecular formula is C9H10O3S. The minimum Gasteiger partial charge on any atom is -0.293 e. The van der Waals surface area contributed by atoms with Crippen LogP contribution in [0.3, 0.4) is 0 Å². The first-order valence-electron chi connectivity index (χ1n) is 3.87. The minimum atomic E-state index is -0.521. The van der Waals surface area contributed by atoms with Gasteiger partial charge < -0.3 is 0 Å². The van der Waals surface area contributed by atoms with Crippen LogP contribution in [0, 0.1) is 0 Å². The molecule has 70 valence electrons. The molecule has 13 heavy (non-hydrogen) atoms. The lowest BCUT2D eigenvalue weighted by atomic mass is 10.2. The van der Waals surface area contributed by atoms with E-state index in [0.717, 1.165) is 0 Å². The van der Waals surface area contributed by atoms with Crippen molar-refractivity contribution in [3.05, 3.63) is 29.8 Å². The minimum absolute atomic E-state index is 0.334. The molecule has 0 heterocycles. The second-order valence-electron chi connectivity index (χ2n) is 2.29. The Labute approximate surface area is 82.0 Å². The summed E-state index contributed by atoms with van der Waals surface area (Å²) in [5, 5.41) is 0. The number of carbonyl (C=O) groups excluding carboxylic acids is 1. The Morgan fingerprint density at radius 2 is 2.15 bits per heavy atom. The highest BCUT2D eigenvalue weighted by molar-refractivity contribution is 7.80. The first kappa shape index (κ1) is 10.1. The number of benzene rings is 1. The summed E-state index contributed by atoms with van der Waals surface area (Å²) < 4.78 is 0. The number of hydrogen-bond acceptors (Lipinski definition) is 4. The van der Waals surface area contributed by atoms with Gasteiger partial charge in [-0.25, -0.2) is 4.79 Å². The molecule has 0 aliphatic carbocycles. The van der Waals surface area contributed by atoms with Gasteiger partial charge in [-0.15, -0.1) is 12.6 Å². The lowest BCUT2D eigenvalue weighted by Crippen LogP contribution is -2.06. The summed E-state index contributed by atoms with van der Waals surface area (Å²) in [5.74, 6) is -0.521. The summed E-state index contributed by atoms with van der Waals surface area (Å²) in [7, 11) is 0. The van der Waals surface area contributed by atoms with Crippen LogP contribution in [0.25, 0.3) is 0 Å². The van der Waals surface area contributed by atoms with Crippen molar-refractivity contribution in [3.8, 4) is 0 Å². The van der Waals surface area contributed by atoms with Gasteiger partial charge >= 0.3 is 5.97 Å². The van der Waals surface area contributed by atoms with Gasteiger partial charge in [-0.2, -0.15) is 4.89 Å². The fourth-order valence-electron chi connectivity index (χ4n) is 0.804. The number of hydrogen-bond donors (Lipinski definition) is 1. The molecule has 0 aromatic heterocycles. The summed E-state index contributed by atoms with van der Waals surface area (Å²) in [4.78, 5) is 20.8. The van der Waals surface area contributed by atoms with Crippen LogP contribution in [0.5, 0.6) is 0 Å². The molecule has 0 unspecified atom stereocenters. The van der Waals surface area contributed by atoms with Gasteiger partial charge in [0.15, 0.2) is 0 Å². The van der Waals surface area contributed by atoms with Gasteiger partial charge in [0.25, 0.3) is 0 Å². The third kappa shape index (κ3) is 2.75. The van der Waals surface area contributed by atoms with Gasteiger partial charge in [0, 0.05) is 4.90 Å². The highest BCUT2D eigenvalue weighted by atomic mass is 32.1. The van der Waals surface area contributed by atoms with Crippen molar-refractivity contribution in [1.29, 1.82) is 0 Å². The Morgan fingerprint density at radius 3 is 2.77 bits per heavy atom. The first-order chi connectivity index (χ1) is 6.25. The van der Waals surface area contributed by atoms with Crippen LogP contribution in [0.15, 0.2) is 29.2 Å². The van der Waals surface area contributed by atoms with Crippen molar-refractivity contribution in [3.63, 3.8) is 0 Å². The topological polar surface area (TPSA) is 35.5 Å². The Kier molecular flexibility index (Phi) is 3.79. The van der Waals surface area contributed by atoms with E-state index < -0.39 is 5.97 Å². The maximum Gasteiger partial charge on any atom is 0.374 e. The molecule has 4 heteroatoms. The van der Waals surface area contributed by atoms with Crippen LogP contribution in [0.1, 0.15) is 17.3 Å². The average Bonchev–Trinajstić information content (AvgIpc) is 2.15. The number of rotatable bonds is 3. The molecule has 0 saturated carbocycles. The fraction of sp³-hybridized carbons (Fsp3) is 0.222. The van der Waals surface area contributed by atoms with E-state index in [-0.39, 0.29) is 0 Å². The Morgan fingerprint density at radius 1 is 1.46 bits per heavy atom. The Bertz CT molecular complexity index is 299. The molecule has 0 bridgehead atoms. The van der Waals surface area contributed by atoms with E-state index in [2.05, 4.69) is 22.4 Å². The molecule has 0 atom stereocenters. The summed E-state index contributed by atoms with van der Waals surface area (Å²) >= 11 is 4.10. The number of thiol groups is 1. The lowest BCUT2D eigenvalue weighted by molar-refractivity contribution is -0.237. The molecule has 0 aliphatic rings. The molecule has 3 nitrogen and oxygen atoms in total. The third-order valence-electron chi connectivity index (χ3n) is 1.38. The van der Waals surface area contributed by atoms with E-state index in [4.69, 9.17) is 0 Å². The fourth-order valence-corrected chi connectivity index (χ4v) is 1.06. The predicted molar refractivity (Wildman–Crippen MR) is 50.7 cm³/mol. The monoisotopic (exact) mass is 198 g/mol.